The molecule has 0 atom stereocenters. The molecule has 0 bridgehead atoms. The van der Waals surface area contributed by atoms with E-state index in [0.717, 1.165) is 18.4 Å². The highest BCUT2D eigenvalue weighted by Gasteiger charge is 2.17. The molecule has 1 rings (SSSR count). The summed E-state index contributed by atoms with van der Waals surface area (Å²) >= 11 is 0. The molecule has 0 fully saturated rings. The van der Waals surface area contributed by atoms with Gasteiger partial charge in [0.1, 0.15) is 10.6 Å². The molecule has 1 aromatic rings. The first-order valence-electron chi connectivity index (χ1n) is 5.72. The fourth-order valence-corrected chi connectivity index (χ4v) is 2.10. The van der Waals surface area contributed by atoms with Gasteiger partial charge in [0.05, 0.1) is 6.61 Å². The summed E-state index contributed by atoms with van der Waals surface area (Å²) in [5.41, 5.74) is 0.848. The third-order valence-corrected chi connectivity index (χ3v) is 3.32. The van der Waals surface area contributed by atoms with E-state index in [2.05, 4.69) is 0 Å². The molecule has 0 saturated carbocycles. The molecular weight excluding hydrogens is 240 g/mol. The molecule has 0 radical (unpaired) electrons. The molecule has 96 valence electrons. The number of rotatable bonds is 6. The maximum absolute atomic E-state index is 11.2. The SMILES string of the molecule is CCCCOc1ccc(CC)cc1S(=O)(=O)O. The van der Waals surface area contributed by atoms with Gasteiger partial charge in [-0.05, 0) is 30.5 Å². The number of hydrogen-bond donors (Lipinski definition) is 1. The highest BCUT2D eigenvalue weighted by Crippen LogP contribution is 2.25. The molecule has 5 heteroatoms. The van der Waals surface area contributed by atoms with Crippen LogP contribution in [0.25, 0.3) is 0 Å². The molecule has 1 N–H and O–H groups in total. The van der Waals surface area contributed by atoms with E-state index < -0.39 is 10.1 Å². The van der Waals surface area contributed by atoms with Crippen molar-refractivity contribution < 1.29 is 17.7 Å². The Morgan fingerprint density at radius 2 is 2.00 bits per heavy atom. The number of hydrogen-bond acceptors (Lipinski definition) is 3. The van der Waals surface area contributed by atoms with E-state index in [-0.39, 0.29) is 10.6 Å². The third kappa shape index (κ3) is 4.02. The van der Waals surface area contributed by atoms with Crippen molar-refractivity contribution in [2.45, 2.75) is 38.0 Å². The van der Waals surface area contributed by atoms with E-state index in [1.807, 2.05) is 13.8 Å². The second-order valence-electron chi connectivity index (χ2n) is 3.81. The lowest BCUT2D eigenvalue weighted by Crippen LogP contribution is -2.05. The fraction of sp³-hybridized carbons (Fsp3) is 0.500. The molecule has 0 spiro atoms. The first kappa shape index (κ1) is 14.0. The maximum Gasteiger partial charge on any atom is 0.298 e. The van der Waals surface area contributed by atoms with Gasteiger partial charge in [-0.2, -0.15) is 8.42 Å². The quantitative estimate of drug-likeness (QED) is 0.629. The number of unbranched alkanes of at least 4 members (excludes halogenated alkanes) is 1. The van der Waals surface area contributed by atoms with Gasteiger partial charge < -0.3 is 4.74 Å². The molecule has 0 aliphatic rings. The summed E-state index contributed by atoms with van der Waals surface area (Å²) in [5, 5.41) is 0. The average Bonchev–Trinajstić information content (AvgIpc) is 2.28. The minimum absolute atomic E-state index is 0.145. The summed E-state index contributed by atoms with van der Waals surface area (Å²) in [4.78, 5) is -0.145. The summed E-state index contributed by atoms with van der Waals surface area (Å²) in [6, 6.07) is 4.85. The van der Waals surface area contributed by atoms with Crippen LogP contribution in [0.5, 0.6) is 5.75 Å². The Morgan fingerprint density at radius 1 is 1.29 bits per heavy atom. The van der Waals surface area contributed by atoms with Gasteiger partial charge in [-0.3, -0.25) is 4.55 Å². The minimum Gasteiger partial charge on any atom is -0.492 e. The Labute approximate surface area is 102 Å². The number of benzene rings is 1. The van der Waals surface area contributed by atoms with Crippen LogP contribution >= 0.6 is 0 Å². The van der Waals surface area contributed by atoms with E-state index in [4.69, 9.17) is 9.29 Å². The largest absolute Gasteiger partial charge is 0.492 e. The van der Waals surface area contributed by atoms with Crippen LogP contribution < -0.4 is 4.74 Å². The molecule has 0 saturated heterocycles. The monoisotopic (exact) mass is 258 g/mol. The van der Waals surface area contributed by atoms with Crippen LogP contribution in [0.4, 0.5) is 0 Å². The van der Waals surface area contributed by atoms with Crippen molar-refractivity contribution in [3.8, 4) is 5.75 Å². The van der Waals surface area contributed by atoms with Crippen LogP contribution in [0.2, 0.25) is 0 Å². The first-order chi connectivity index (χ1) is 7.99. The van der Waals surface area contributed by atoms with E-state index in [0.29, 0.717) is 13.0 Å². The normalized spacial score (nSPS) is 11.5. The van der Waals surface area contributed by atoms with Crippen molar-refractivity contribution in [2.24, 2.45) is 0 Å². The molecule has 0 aliphatic heterocycles. The van der Waals surface area contributed by atoms with E-state index >= 15 is 0 Å². The van der Waals surface area contributed by atoms with Crippen LogP contribution in [-0.4, -0.2) is 19.6 Å². The fourth-order valence-electron chi connectivity index (χ4n) is 1.42. The predicted octanol–water partition coefficient (Wildman–Crippen LogP) is 2.67. The standard InChI is InChI=1S/C12H18O4S/c1-3-5-8-16-11-7-6-10(4-2)9-12(11)17(13,14)15/h6-7,9H,3-5,8H2,1-2H3,(H,13,14,15). The number of ether oxygens (including phenoxy) is 1. The Kier molecular flexibility index (Phi) is 4.96. The smallest absolute Gasteiger partial charge is 0.298 e. The van der Waals surface area contributed by atoms with Crippen molar-refractivity contribution >= 4 is 10.1 Å². The lowest BCUT2D eigenvalue weighted by atomic mass is 10.2. The van der Waals surface area contributed by atoms with Crippen molar-refractivity contribution in [3.63, 3.8) is 0 Å². The minimum atomic E-state index is -4.23. The predicted molar refractivity (Wildman–Crippen MR) is 66.0 cm³/mol. The van der Waals surface area contributed by atoms with Crippen molar-refractivity contribution in [3.05, 3.63) is 23.8 Å². The summed E-state index contributed by atoms with van der Waals surface area (Å²) < 4.78 is 37.0. The van der Waals surface area contributed by atoms with E-state index in [1.54, 1.807) is 12.1 Å². The zero-order valence-corrected chi connectivity index (χ0v) is 11.0. The maximum atomic E-state index is 11.2. The topological polar surface area (TPSA) is 63.6 Å². The van der Waals surface area contributed by atoms with Crippen LogP contribution in [0.1, 0.15) is 32.3 Å². The highest BCUT2D eigenvalue weighted by molar-refractivity contribution is 7.86. The molecular formula is C12H18O4S. The third-order valence-electron chi connectivity index (χ3n) is 2.45. The summed E-state index contributed by atoms with van der Waals surface area (Å²) in [6.07, 6.45) is 2.52. The molecule has 17 heavy (non-hydrogen) atoms. The van der Waals surface area contributed by atoms with Gasteiger partial charge in [-0.1, -0.05) is 26.3 Å². The van der Waals surface area contributed by atoms with Gasteiger partial charge in [0.2, 0.25) is 0 Å². The second kappa shape index (κ2) is 6.02. The van der Waals surface area contributed by atoms with Crippen molar-refractivity contribution in [2.75, 3.05) is 6.61 Å². The van der Waals surface area contributed by atoms with Crippen molar-refractivity contribution in [1.29, 1.82) is 0 Å². The molecule has 0 unspecified atom stereocenters. The molecule has 1 aromatic carbocycles. The highest BCUT2D eigenvalue weighted by atomic mass is 32.2. The second-order valence-corrected chi connectivity index (χ2v) is 5.20. The lowest BCUT2D eigenvalue weighted by Gasteiger charge is -2.10. The van der Waals surface area contributed by atoms with Crippen LogP contribution in [0, 0.1) is 0 Å². The molecule has 0 amide bonds. The Bertz CT molecular complexity index is 465. The Hall–Kier alpha value is -1.07. The van der Waals surface area contributed by atoms with Gasteiger partial charge in [-0.15, -0.1) is 0 Å². The summed E-state index contributed by atoms with van der Waals surface area (Å²) in [5.74, 6) is 0.221. The van der Waals surface area contributed by atoms with Crippen LogP contribution in [0.15, 0.2) is 23.1 Å². The summed E-state index contributed by atoms with van der Waals surface area (Å²) in [7, 11) is -4.23. The number of aryl methyl sites for hydroxylation is 1. The summed E-state index contributed by atoms with van der Waals surface area (Å²) in [6.45, 7) is 4.39. The van der Waals surface area contributed by atoms with Gasteiger partial charge in [0.25, 0.3) is 10.1 Å². The zero-order valence-electron chi connectivity index (χ0n) is 10.1. The van der Waals surface area contributed by atoms with Gasteiger partial charge in [0.15, 0.2) is 0 Å². The van der Waals surface area contributed by atoms with E-state index in [9.17, 15) is 8.42 Å². The Morgan fingerprint density at radius 3 is 2.53 bits per heavy atom. The van der Waals surface area contributed by atoms with Crippen LogP contribution in [-0.2, 0) is 16.5 Å². The zero-order chi connectivity index (χ0) is 12.9. The molecule has 4 nitrogen and oxygen atoms in total. The van der Waals surface area contributed by atoms with Gasteiger partial charge in [-0.25, -0.2) is 0 Å². The average molecular weight is 258 g/mol. The first-order valence-corrected chi connectivity index (χ1v) is 7.16. The van der Waals surface area contributed by atoms with Crippen LogP contribution in [0.3, 0.4) is 0 Å². The van der Waals surface area contributed by atoms with Crippen molar-refractivity contribution in [1.82, 2.24) is 0 Å². The van der Waals surface area contributed by atoms with Gasteiger partial charge >= 0.3 is 0 Å². The van der Waals surface area contributed by atoms with E-state index in [1.165, 1.54) is 6.07 Å². The molecule has 0 aliphatic carbocycles. The molecule has 0 aromatic heterocycles. The molecule has 0 heterocycles. The lowest BCUT2D eigenvalue weighted by molar-refractivity contribution is 0.300. The Balaban J connectivity index is 3.03. The van der Waals surface area contributed by atoms with Gasteiger partial charge in [0, 0.05) is 0 Å².